The van der Waals surface area contributed by atoms with Gasteiger partial charge in [0.1, 0.15) is 0 Å². The minimum Gasteiger partial charge on any atom is -0.306 e. The number of likely N-dealkylation sites (N-methyl/N-ethyl adjacent to an activating group) is 1. The first kappa shape index (κ1) is 14.5. The predicted octanol–water partition coefficient (Wildman–Crippen LogP) is 3.60. The van der Waals surface area contributed by atoms with E-state index in [9.17, 15) is 0 Å². The smallest absolute Gasteiger partial charge is 0.0941 e. The number of hydrogen-bond acceptors (Lipinski definition) is 3. The molecule has 0 N–H and O–H groups in total. The van der Waals surface area contributed by atoms with Crippen molar-refractivity contribution in [1.29, 1.82) is 0 Å². The van der Waals surface area contributed by atoms with Crippen LogP contribution in [-0.2, 0) is 18.7 Å². The second-order valence-corrected chi connectivity index (χ2v) is 5.87. The Morgan fingerprint density at radius 3 is 2.58 bits per heavy atom. The standard InChI is InChI=1S/C15H19ClN2S/c1-18(9-7-13-5-3-2-4-6-13)10-8-15-17-14(11-16)12-19-15/h2-6,12H,7-11H2,1H3. The van der Waals surface area contributed by atoms with E-state index in [0.29, 0.717) is 5.88 Å². The number of hydrogen-bond donors (Lipinski definition) is 0. The lowest BCUT2D eigenvalue weighted by Gasteiger charge is -2.15. The lowest BCUT2D eigenvalue weighted by atomic mass is 10.1. The molecular formula is C15H19ClN2S. The fourth-order valence-electron chi connectivity index (χ4n) is 1.89. The van der Waals surface area contributed by atoms with Crippen molar-refractivity contribution >= 4 is 22.9 Å². The summed E-state index contributed by atoms with van der Waals surface area (Å²) in [5.41, 5.74) is 2.39. The number of thiazole rings is 1. The Bertz CT molecular complexity index is 484. The van der Waals surface area contributed by atoms with Crippen LogP contribution in [-0.4, -0.2) is 30.0 Å². The van der Waals surface area contributed by atoms with Crippen LogP contribution in [0.4, 0.5) is 0 Å². The van der Waals surface area contributed by atoms with Gasteiger partial charge in [-0.25, -0.2) is 4.98 Å². The van der Waals surface area contributed by atoms with Crippen molar-refractivity contribution in [3.63, 3.8) is 0 Å². The van der Waals surface area contributed by atoms with Gasteiger partial charge in [0.15, 0.2) is 0 Å². The van der Waals surface area contributed by atoms with Crippen molar-refractivity contribution < 1.29 is 0 Å². The molecule has 0 spiro atoms. The molecule has 102 valence electrons. The first-order chi connectivity index (χ1) is 9.28. The van der Waals surface area contributed by atoms with E-state index in [1.165, 1.54) is 10.6 Å². The summed E-state index contributed by atoms with van der Waals surface area (Å²) < 4.78 is 0. The van der Waals surface area contributed by atoms with Crippen molar-refractivity contribution in [3.8, 4) is 0 Å². The van der Waals surface area contributed by atoms with Gasteiger partial charge in [-0.05, 0) is 19.0 Å². The number of alkyl halides is 1. The van der Waals surface area contributed by atoms with Gasteiger partial charge in [0.05, 0.1) is 16.6 Å². The number of aromatic nitrogens is 1. The molecule has 0 aliphatic carbocycles. The summed E-state index contributed by atoms with van der Waals surface area (Å²) in [7, 11) is 2.17. The number of rotatable bonds is 7. The van der Waals surface area contributed by atoms with Gasteiger partial charge in [0.25, 0.3) is 0 Å². The van der Waals surface area contributed by atoms with E-state index in [-0.39, 0.29) is 0 Å². The average Bonchev–Trinajstić information content (AvgIpc) is 2.92. The predicted molar refractivity (Wildman–Crippen MR) is 83.0 cm³/mol. The second kappa shape index (κ2) is 7.63. The average molecular weight is 295 g/mol. The normalized spacial score (nSPS) is 11.1. The van der Waals surface area contributed by atoms with Crippen LogP contribution in [0.15, 0.2) is 35.7 Å². The Labute approximate surface area is 124 Å². The fourth-order valence-corrected chi connectivity index (χ4v) is 2.90. The van der Waals surface area contributed by atoms with E-state index in [1.807, 2.05) is 5.38 Å². The summed E-state index contributed by atoms with van der Waals surface area (Å²) >= 11 is 7.46. The van der Waals surface area contributed by atoms with Gasteiger partial charge in [-0.3, -0.25) is 0 Å². The molecule has 2 nitrogen and oxygen atoms in total. The highest BCUT2D eigenvalue weighted by molar-refractivity contribution is 7.09. The largest absolute Gasteiger partial charge is 0.306 e. The van der Waals surface area contributed by atoms with Crippen LogP contribution >= 0.6 is 22.9 Å². The van der Waals surface area contributed by atoms with Gasteiger partial charge >= 0.3 is 0 Å². The lowest BCUT2D eigenvalue weighted by Crippen LogP contribution is -2.23. The summed E-state index contributed by atoms with van der Waals surface area (Å²) in [6, 6.07) is 10.6. The third kappa shape index (κ3) is 4.94. The maximum absolute atomic E-state index is 5.75. The van der Waals surface area contributed by atoms with E-state index in [2.05, 4.69) is 47.3 Å². The molecule has 0 aliphatic heterocycles. The first-order valence-corrected chi connectivity index (χ1v) is 7.91. The Balaban J connectivity index is 1.71. The van der Waals surface area contributed by atoms with E-state index in [0.717, 1.165) is 31.6 Å². The first-order valence-electron chi connectivity index (χ1n) is 6.49. The van der Waals surface area contributed by atoms with Gasteiger partial charge in [0.2, 0.25) is 0 Å². The maximum Gasteiger partial charge on any atom is 0.0941 e. The lowest BCUT2D eigenvalue weighted by molar-refractivity contribution is 0.342. The molecule has 0 aliphatic rings. The second-order valence-electron chi connectivity index (χ2n) is 4.66. The molecule has 0 bridgehead atoms. The van der Waals surface area contributed by atoms with Crippen LogP contribution in [0.3, 0.4) is 0 Å². The number of nitrogens with zero attached hydrogens (tertiary/aromatic N) is 2. The van der Waals surface area contributed by atoms with Crippen LogP contribution in [0.25, 0.3) is 0 Å². The van der Waals surface area contributed by atoms with E-state index >= 15 is 0 Å². The molecule has 0 amide bonds. The Morgan fingerprint density at radius 1 is 1.16 bits per heavy atom. The molecule has 2 aromatic rings. The van der Waals surface area contributed by atoms with E-state index < -0.39 is 0 Å². The Morgan fingerprint density at radius 2 is 1.89 bits per heavy atom. The minimum absolute atomic E-state index is 0.514. The zero-order valence-electron chi connectivity index (χ0n) is 11.2. The van der Waals surface area contributed by atoms with Crippen LogP contribution in [0.2, 0.25) is 0 Å². The topological polar surface area (TPSA) is 16.1 Å². The third-order valence-corrected chi connectivity index (χ3v) is 4.30. The van der Waals surface area contributed by atoms with Crippen LogP contribution in [0, 0.1) is 0 Å². The molecule has 19 heavy (non-hydrogen) atoms. The summed E-state index contributed by atoms with van der Waals surface area (Å²) in [6.45, 7) is 2.12. The van der Waals surface area contributed by atoms with Gasteiger partial charge in [-0.2, -0.15) is 0 Å². The van der Waals surface area contributed by atoms with Crippen LogP contribution in [0.1, 0.15) is 16.3 Å². The van der Waals surface area contributed by atoms with Crippen molar-refractivity contribution in [2.75, 3.05) is 20.1 Å². The van der Waals surface area contributed by atoms with Gasteiger partial charge in [-0.15, -0.1) is 22.9 Å². The molecule has 2 rings (SSSR count). The molecule has 0 fully saturated rings. The van der Waals surface area contributed by atoms with Crippen molar-refractivity contribution in [2.45, 2.75) is 18.7 Å². The molecule has 0 unspecified atom stereocenters. The summed E-state index contributed by atoms with van der Waals surface area (Å²) in [5, 5.41) is 3.23. The number of halogens is 1. The summed E-state index contributed by atoms with van der Waals surface area (Å²) in [5.74, 6) is 0.514. The monoisotopic (exact) mass is 294 g/mol. The third-order valence-electron chi connectivity index (χ3n) is 3.07. The van der Waals surface area contributed by atoms with Crippen molar-refractivity contribution in [3.05, 3.63) is 52.0 Å². The van der Waals surface area contributed by atoms with Crippen LogP contribution in [0.5, 0.6) is 0 Å². The highest BCUT2D eigenvalue weighted by Crippen LogP contribution is 2.12. The Hall–Kier alpha value is -0.900. The van der Waals surface area contributed by atoms with Gasteiger partial charge in [-0.1, -0.05) is 30.3 Å². The van der Waals surface area contributed by atoms with Gasteiger partial charge in [0, 0.05) is 24.9 Å². The SMILES string of the molecule is CN(CCc1ccccc1)CCc1nc(CCl)cs1. The molecule has 4 heteroatoms. The molecule has 0 atom stereocenters. The van der Waals surface area contributed by atoms with Crippen molar-refractivity contribution in [2.24, 2.45) is 0 Å². The summed E-state index contributed by atoms with van der Waals surface area (Å²) in [4.78, 5) is 6.83. The fraction of sp³-hybridized carbons (Fsp3) is 0.400. The molecule has 1 aromatic heterocycles. The zero-order valence-corrected chi connectivity index (χ0v) is 12.8. The quantitative estimate of drug-likeness (QED) is 0.725. The molecule has 0 saturated heterocycles. The number of benzene rings is 1. The van der Waals surface area contributed by atoms with Crippen molar-refractivity contribution in [1.82, 2.24) is 9.88 Å². The zero-order chi connectivity index (χ0) is 13.5. The molecular weight excluding hydrogens is 276 g/mol. The minimum atomic E-state index is 0.514. The molecule has 1 aromatic carbocycles. The van der Waals surface area contributed by atoms with Crippen LogP contribution < -0.4 is 0 Å². The van der Waals surface area contributed by atoms with E-state index in [1.54, 1.807) is 11.3 Å². The molecule has 1 heterocycles. The summed E-state index contributed by atoms with van der Waals surface area (Å²) in [6.07, 6.45) is 2.11. The molecule has 0 saturated carbocycles. The van der Waals surface area contributed by atoms with E-state index in [4.69, 9.17) is 11.6 Å². The highest BCUT2D eigenvalue weighted by Gasteiger charge is 2.04. The maximum atomic E-state index is 5.75. The van der Waals surface area contributed by atoms with Gasteiger partial charge < -0.3 is 4.90 Å². The highest BCUT2D eigenvalue weighted by atomic mass is 35.5. The Kier molecular flexibility index (Phi) is 5.83. The molecule has 0 radical (unpaired) electrons.